The molecule has 35 heavy (non-hydrogen) atoms. The lowest BCUT2D eigenvalue weighted by molar-refractivity contribution is -0.0179. The largest absolute Gasteiger partial charge is 0.367 e. The zero-order valence-electron chi connectivity index (χ0n) is 19.4. The molecular formula is C23H23ClFN7O3. The molecule has 0 saturated carbocycles. The van der Waals surface area contributed by atoms with Gasteiger partial charge in [-0.15, -0.1) is 0 Å². The second-order valence-electron chi connectivity index (χ2n) is 8.40. The predicted molar refractivity (Wildman–Crippen MR) is 128 cm³/mol. The van der Waals surface area contributed by atoms with Gasteiger partial charge in [0.25, 0.3) is 5.56 Å². The Bertz CT molecular complexity index is 1460. The average Bonchev–Trinajstić information content (AvgIpc) is 3.30. The van der Waals surface area contributed by atoms with Crippen LogP contribution in [0, 0.1) is 5.82 Å². The van der Waals surface area contributed by atoms with Gasteiger partial charge in [-0.3, -0.25) is 4.79 Å². The van der Waals surface area contributed by atoms with Crippen LogP contribution in [-0.2, 0) is 23.3 Å². The molecule has 0 bridgehead atoms. The first-order chi connectivity index (χ1) is 16.8. The number of aryl methyl sites for hydroxylation is 1. The fourth-order valence-corrected chi connectivity index (χ4v) is 4.33. The number of morpholine rings is 1. The number of nitrogens with zero attached hydrogens (tertiary/aromatic N) is 7. The Morgan fingerprint density at radius 3 is 2.83 bits per heavy atom. The van der Waals surface area contributed by atoms with Gasteiger partial charge in [-0.2, -0.15) is 10.2 Å². The van der Waals surface area contributed by atoms with Crippen molar-refractivity contribution in [3.8, 4) is 11.3 Å². The van der Waals surface area contributed by atoms with E-state index in [-0.39, 0.29) is 34.0 Å². The summed E-state index contributed by atoms with van der Waals surface area (Å²) in [5.41, 5.74) is 1.11. The number of halogens is 2. The van der Waals surface area contributed by atoms with Gasteiger partial charge >= 0.3 is 0 Å². The highest BCUT2D eigenvalue weighted by molar-refractivity contribution is 6.30. The molecule has 3 aromatic heterocycles. The molecule has 0 amide bonds. The van der Waals surface area contributed by atoms with Crippen LogP contribution < -0.4 is 10.5 Å². The number of fused-ring (bicyclic) bond motifs is 1. The van der Waals surface area contributed by atoms with Crippen molar-refractivity contribution in [3.63, 3.8) is 0 Å². The van der Waals surface area contributed by atoms with E-state index in [4.69, 9.17) is 26.1 Å². The maximum absolute atomic E-state index is 14.9. The van der Waals surface area contributed by atoms with Gasteiger partial charge in [-0.25, -0.2) is 23.7 Å². The van der Waals surface area contributed by atoms with E-state index in [9.17, 15) is 9.18 Å². The van der Waals surface area contributed by atoms with Crippen LogP contribution in [0.15, 0.2) is 41.6 Å². The molecule has 0 N–H and O–H groups in total. The van der Waals surface area contributed by atoms with E-state index in [1.807, 2.05) is 18.0 Å². The van der Waals surface area contributed by atoms with Crippen LogP contribution in [0.3, 0.4) is 0 Å². The average molecular weight is 500 g/mol. The van der Waals surface area contributed by atoms with Crippen LogP contribution in [0.1, 0.15) is 18.6 Å². The monoisotopic (exact) mass is 499 g/mol. The number of ether oxygens (including phenoxy) is 2. The Labute approximate surface area is 204 Å². The molecule has 12 heteroatoms. The number of anilines is 1. The van der Waals surface area contributed by atoms with E-state index < -0.39 is 11.4 Å². The van der Waals surface area contributed by atoms with Crippen molar-refractivity contribution in [3.05, 3.63) is 63.5 Å². The smallest absolute Gasteiger partial charge is 0.293 e. The molecule has 0 aliphatic carbocycles. The standard InChI is InChI=1S/C23H23ClFN7O3/c1-13-9-31(11-19(35-13)14-7-27-32(10-14)12-34-3)23-28-20(16-5-4-15(24)6-18(16)25)17-8-26-30(2)22(33)21(17)29-23/h4-8,10,13,19H,9,11-12H2,1-3H3/t13-,19-/m1/s1. The third kappa shape index (κ3) is 4.49. The Hall–Kier alpha value is -3.41. The summed E-state index contributed by atoms with van der Waals surface area (Å²) >= 11 is 5.96. The quantitative estimate of drug-likeness (QED) is 0.413. The van der Waals surface area contributed by atoms with Crippen molar-refractivity contribution in [2.75, 3.05) is 25.1 Å². The summed E-state index contributed by atoms with van der Waals surface area (Å²) in [5, 5.41) is 9.00. The van der Waals surface area contributed by atoms with Gasteiger partial charge in [0, 0.05) is 43.0 Å². The van der Waals surface area contributed by atoms with Crippen molar-refractivity contribution in [1.29, 1.82) is 0 Å². The van der Waals surface area contributed by atoms with Gasteiger partial charge < -0.3 is 14.4 Å². The maximum atomic E-state index is 14.9. The number of methoxy groups -OCH3 is 1. The summed E-state index contributed by atoms with van der Waals surface area (Å²) < 4.78 is 29.1. The first kappa shape index (κ1) is 23.3. The molecule has 0 radical (unpaired) electrons. The topological polar surface area (TPSA) is 100 Å². The minimum atomic E-state index is -0.553. The first-order valence-electron chi connectivity index (χ1n) is 10.9. The molecule has 0 spiro atoms. The van der Waals surface area contributed by atoms with Crippen LogP contribution in [0.2, 0.25) is 5.02 Å². The van der Waals surface area contributed by atoms with Crippen molar-refractivity contribution >= 4 is 28.5 Å². The minimum absolute atomic E-state index is 0.153. The lowest BCUT2D eigenvalue weighted by Crippen LogP contribution is -2.43. The van der Waals surface area contributed by atoms with E-state index >= 15 is 0 Å². The normalized spacial score (nSPS) is 18.4. The van der Waals surface area contributed by atoms with Crippen LogP contribution in [0.4, 0.5) is 10.3 Å². The molecule has 5 rings (SSSR count). The van der Waals surface area contributed by atoms with E-state index in [2.05, 4.69) is 15.2 Å². The summed E-state index contributed by atoms with van der Waals surface area (Å²) in [7, 11) is 3.14. The molecule has 1 fully saturated rings. The van der Waals surface area contributed by atoms with E-state index in [1.165, 1.54) is 30.1 Å². The number of benzene rings is 1. The fourth-order valence-electron chi connectivity index (χ4n) is 4.17. The van der Waals surface area contributed by atoms with Crippen LogP contribution >= 0.6 is 11.6 Å². The highest BCUT2D eigenvalue weighted by Gasteiger charge is 2.30. The van der Waals surface area contributed by atoms with Crippen molar-refractivity contribution in [2.24, 2.45) is 7.05 Å². The second kappa shape index (κ2) is 9.33. The zero-order valence-corrected chi connectivity index (χ0v) is 20.1. The molecule has 10 nitrogen and oxygen atoms in total. The molecular weight excluding hydrogens is 477 g/mol. The maximum Gasteiger partial charge on any atom is 0.293 e. The summed E-state index contributed by atoms with van der Waals surface area (Å²) in [6, 6.07) is 4.33. The minimum Gasteiger partial charge on any atom is -0.367 e. The van der Waals surface area contributed by atoms with Crippen LogP contribution in [0.25, 0.3) is 22.2 Å². The number of hydrogen-bond donors (Lipinski definition) is 0. The molecule has 182 valence electrons. The summed E-state index contributed by atoms with van der Waals surface area (Å²) in [6.45, 7) is 3.18. The summed E-state index contributed by atoms with van der Waals surface area (Å²) in [5.74, 6) is -0.252. The lowest BCUT2D eigenvalue weighted by atomic mass is 10.1. The highest BCUT2D eigenvalue weighted by Crippen LogP contribution is 2.32. The Balaban J connectivity index is 1.61. The van der Waals surface area contributed by atoms with E-state index in [0.717, 1.165) is 5.56 Å². The molecule has 1 saturated heterocycles. The number of rotatable bonds is 5. The van der Waals surface area contributed by atoms with Crippen molar-refractivity contribution < 1.29 is 13.9 Å². The van der Waals surface area contributed by atoms with E-state index in [0.29, 0.717) is 31.2 Å². The molecule has 4 aromatic rings. The Morgan fingerprint density at radius 1 is 1.23 bits per heavy atom. The third-order valence-electron chi connectivity index (χ3n) is 5.81. The van der Waals surface area contributed by atoms with Crippen molar-refractivity contribution in [1.82, 2.24) is 29.5 Å². The molecule has 1 aliphatic rings. The van der Waals surface area contributed by atoms with Gasteiger partial charge in [0.2, 0.25) is 5.95 Å². The highest BCUT2D eigenvalue weighted by atomic mass is 35.5. The molecule has 1 aliphatic heterocycles. The third-order valence-corrected chi connectivity index (χ3v) is 6.04. The first-order valence-corrected chi connectivity index (χ1v) is 11.3. The van der Waals surface area contributed by atoms with Gasteiger partial charge in [-0.05, 0) is 25.1 Å². The van der Waals surface area contributed by atoms with Gasteiger partial charge in [-0.1, -0.05) is 11.6 Å². The van der Waals surface area contributed by atoms with Crippen molar-refractivity contribution in [2.45, 2.75) is 25.9 Å². The van der Waals surface area contributed by atoms with Crippen LogP contribution in [-0.4, -0.2) is 55.8 Å². The van der Waals surface area contributed by atoms with Gasteiger partial charge in [0.1, 0.15) is 24.2 Å². The van der Waals surface area contributed by atoms with Crippen LogP contribution in [0.5, 0.6) is 0 Å². The Morgan fingerprint density at radius 2 is 2.06 bits per heavy atom. The SMILES string of the molecule is COCn1cc([C@H]2CN(c3nc(-c4ccc(Cl)cc4F)c4cnn(C)c(=O)c4n3)C[C@@H](C)O2)cn1. The molecule has 1 aromatic carbocycles. The van der Waals surface area contributed by atoms with Gasteiger partial charge in [0.15, 0.2) is 0 Å². The fraction of sp³-hybridized carbons (Fsp3) is 0.348. The van der Waals surface area contributed by atoms with Gasteiger partial charge in [0.05, 0.1) is 36.1 Å². The predicted octanol–water partition coefficient (Wildman–Crippen LogP) is 2.95. The number of aromatic nitrogens is 6. The molecule has 2 atom stereocenters. The molecule has 0 unspecified atom stereocenters. The number of hydrogen-bond acceptors (Lipinski definition) is 8. The lowest BCUT2D eigenvalue weighted by Gasteiger charge is -2.36. The summed E-state index contributed by atoms with van der Waals surface area (Å²) in [4.78, 5) is 24.2. The molecule has 4 heterocycles. The zero-order chi connectivity index (χ0) is 24.7. The Kier molecular flexibility index (Phi) is 6.22. The summed E-state index contributed by atoms with van der Waals surface area (Å²) in [6.07, 6.45) is 4.60. The second-order valence-corrected chi connectivity index (χ2v) is 8.84. The van der Waals surface area contributed by atoms with E-state index in [1.54, 1.807) is 24.1 Å².